The zero-order valence-electron chi connectivity index (χ0n) is 15.7. The number of halogens is 1. The highest BCUT2D eigenvalue weighted by atomic mass is 19.1. The number of rotatable bonds is 9. The highest BCUT2D eigenvalue weighted by Crippen LogP contribution is 2.47. The summed E-state index contributed by atoms with van der Waals surface area (Å²) < 4.78 is 24.7. The molecule has 1 aliphatic heterocycles. The third kappa shape index (κ3) is 5.30. The Labute approximate surface area is 159 Å². The molecule has 0 unspecified atom stereocenters. The van der Waals surface area contributed by atoms with Gasteiger partial charge in [0.05, 0.1) is 0 Å². The average molecular weight is 377 g/mol. The van der Waals surface area contributed by atoms with Gasteiger partial charge in [0, 0.05) is 25.7 Å². The Morgan fingerprint density at radius 2 is 2.07 bits per heavy atom. The maximum atomic E-state index is 13.0. The summed E-state index contributed by atoms with van der Waals surface area (Å²) in [6.07, 6.45) is 5.28. The van der Waals surface area contributed by atoms with E-state index in [0.717, 1.165) is 24.8 Å². The fraction of sp³-hybridized carbons (Fsp3) is 0.571. The number of carbonyl (C=O) groups excluding carboxylic acids is 1. The normalized spacial score (nSPS) is 24.9. The smallest absolute Gasteiger partial charge is 0.286 e. The van der Waals surface area contributed by atoms with Crippen molar-refractivity contribution < 1.29 is 23.8 Å². The number of hydrogen-bond acceptors (Lipinski definition) is 4. The van der Waals surface area contributed by atoms with Crippen molar-refractivity contribution in [1.82, 2.24) is 5.32 Å². The molecule has 1 aliphatic carbocycles. The van der Waals surface area contributed by atoms with Crippen LogP contribution >= 0.6 is 0 Å². The molecular weight excluding hydrogens is 349 g/mol. The summed E-state index contributed by atoms with van der Waals surface area (Å²) in [7, 11) is 0. The average Bonchev–Trinajstić information content (AvgIpc) is 3.51. The molecule has 1 heterocycles. The molecule has 148 valence electrons. The first-order valence-corrected chi connectivity index (χ1v) is 9.76. The second kappa shape index (κ2) is 9.33. The second-order valence-electron chi connectivity index (χ2n) is 7.23. The first-order valence-electron chi connectivity index (χ1n) is 9.76. The topological polar surface area (TPSA) is 67.8 Å². The largest absolute Gasteiger partial charge is 0.459 e. The van der Waals surface area contributed by atoms with E-state index in [-0.39, 0.29) is 30.2 Å². The summed E-state index contributed by atoms with van der Waals surface area (Å²) in [5, 5.41) is 12.0. The molecule has 0 aromatic heterocycles. The van der Waals surface area contributed by atoms with Crippen LogP contribution in [0.15, 0.2) is 36.1 Å². The number of ether oxygens (including phenoxy) is 2. The van der Waals surface area contributed by atoms with Crippen molar-refractivity contribution in [3.8, 4) is 0 Å². The molecule has 6 heteroatoms. The molecule has 3 rings (SSSR count). The van der Waals surface area contributed by atoms with E-state index in [2.05, 4.69) is 5.32 Å². The maximum Gasteiger partial charge on any atom is 0.286 e. The van der Waals surface area contributed by atoms with Gasteiger partial charge < -0.3 is 19.9 Å². The first kappa shape index (κ1) is 19.8. The molecule has 0 spiro atoms. The van der Waals surface area contributed by atoms with E-state index in [1.807, 2.05) is 13.0 Å². The zero-order chi connectivity index (χ0) is 19.2. The molecule has 1 fully saturated rings. The number of carbonyl (C=O) groups is 1. The maximum absolute atomic E-state index is 13.0. The van der Waals surface area contributed by atoms with Crippen molar-refractivity contribution in [2.24, 2.45) is 17.8 Å². The first-order chi connectivity index (χ1) is 13.1. The number of amides is 1. The van der Waals surface area contributed by atoms with Crippen LogP contribution in [-0.2, 0) is 20.8 Å². The van der Waals surface area contributed by atoms with E-state index in [4.69, 9.17) is 9.47 Å². The summed E-state index contributed by atoms with van der Waals surface area (Å²) in [5.74, 6) is 0.652. The van der Waals surface area contributed by atoms with Gasteiger partial charge in [0.15, 0.2) is 5.76 Å². The fourth-order valence-corrected chi connectivity index (χ4v) is 3.68. The Morgan fingerprint density at radius 3 is 2.70 bits per heavy atom. The van der Waals surface area contributed by atoms with Crippen molar-refractivity contribution >= 4 is 5.91 Å². The van der Waals surface area contributed by atoms with Gasteiger partial charge in [-0.3, -0.25) is 4.79 Å². The van der Waals surface area contributed by atoms with Crippen molar-refractivity contribution in [2.75, 3.05) is 13.2 Å². The van der Waals surface area contributed by atoms with Crippen LogP contribution in [0.2, 0.25) is 0 Å². The predicted octanol–water partition coefficient (Wildman–Crippen LogP) is 3.13. The Balaban J connectivity index is 1.68. The van der Waals surface area contributed by atoms with Gasteiger partial charge in [0.2, 0.25) is 6.29 Å². The van der Waals surface area contributed by atoms with E-state index in [0.29, 0.717) is 31.2 Å². The van der Waals surface area contributed by atoms with Crippen molar-refractivity contribution in [1.29, 1.82) is 0 Å². The molecule has 1 aromatic carbocycles. The van der Waals surface area contributed by atoms with Crippen LogP contribution in [-0.4, -0.2) is 30.5 Å². The fourth-order valence-electron chi connectivity index (χ4n) is 3.68. The molecule has 1 amide bonds. The Kier molecular flexibility index (Phi) is 6.85. The monoisotopic (exact) mass is 377 g/mol. The number of benzene rings is 1. The van der Waals surface area contributed by atoms with Crippen LogP contribution in [0.1, 0.15) is 38.2 Å². The predicted molar refractivity (Wildman–Crippen MR) is 98.9 cm³/mol. The lowest BCUT2D eigenvalue weighted by Crippen LogP contribution is -2.40. The second-order valence-corrected chi connectivity index (χ2v) is 7.23. The lowest BCUT2D eigenvalue weighted by atomic mass is 9.82. The van der Waals surface area contributed by atoms with Gasteiger partial charge in [-0.2, -0.15) is 0 Å². The minimum Gasteiger partial charge on any atom is -0.459 e. The molecule has 27 heavy (non-hydrogen) atoms. The Morgan fingerprint density at radius 1 is 1.33 bits per heavy atom. The summed E-state index contributed by atoms with van der Waals surface area (Å²) in [4.78, 5) is 12.6. The molecule has 2 aliphatic rings. The molecule has 1 aromatic rings. The van der Waals surface area contributed by atoms with Crippen LogP contribution in [0, 0.1) is 23.6 Å². The van der Waals surface area contributed by atoms with E-state index >= 15 is 0 Å². The third-order valence-corrected chi connectivity index (χ3v) is 5.21. The minimum absolute atomic E-state index is 0.140. The molecule has 0 saturated heterocycles. The highest BCUT2D eigenvalue weighted by Gasteiger charge is 2.43. The van der Waals surface area contributed by atoms with Crippen LogP contribution in [0.25, 0.3) is 0 Å². The number of nitrogens with one attached hydrogen (secondary N) is 1. The zero-order valence-corrected chi connectivity index (χ0v) is 15.7. The van der Waals surface area contributed by atoms with Crippen molar-refractivity contribution in [3.63, 3.8) is 0 Å². The summed E-state index contributed by atoms with van der Waals surface area (Å²) in [6, 6.07) is 6.04. The molecular formula is C21H28FNO4. The van der Waals surface area contributed by atoms with Gasteiger partial charge in [-0.15, -0.1) is 0 Å². The molecule has 0 radical (unpaired) electrons. The van der Waals surface area contributed by atoms with Crippen LogP contribution in [0.4, 0.5) is 4.39 Å². The lowest BCUT2D eigenvalue weighted by Gasteiger charge is -2.37. The van der Waals surface area contributed by atoms with Crippen LogP contribution in [0.5, 0.6) is 0 Å². The minimum atomic E-state index is -0.469. The molecule has 5 nitrogen and oxygen atoms in total. The third-order valence-electron chi connectivity index (χ3n) is 5.21. The number of aliphatic hydroxyl groups is 1. The standard InChI is InChI=1S/C21H28FNO4/c1-2-26-21-17(4-3-11-24)18(15-7-8-15)12-19(27-21)20(25)23-13-14-5-9-16(22)10-6-14/h5-6,9-10,12,15,17-18,21,24H,2-4,7-8,11,13H2,1H3,(H,23,25)/t17-,18+,21+/m0/s1. The quantitative estimate of drug-likeness (QED) is 0.694. The van der Waals surface area contributed by atoms with Gasteiger partial charge in [0.25, 0.3) is 5.91 Å². The van der Waals surface area contributed by atoms with Gasteiger partial charge >= 0.3 is 0 Å². The van der Waals surface area contributed by atoms with Gasteiger partial charge in [-0.05, 0) is 68.2 Å². The number of aliphatic hydroxyl groups excluding tert-OH is 1. The molecule has 1 saturated carbocycles. The Bertz CT molecular complexity index is 657. The van der Waals surface area contributed by atoms with Crippen LogP contribution < -0.4 is 5.32 Å². The summed E-state index contributed by atoms with van der Waals surface area (Å²) in [5.41, 5.74) is 0.821. The van der Waals surface area contributed by atoms with E-state index in [1.54, 1.807) is 12.1 Å². The van der Waals surface area contributed by atoms with E-state index in [1.165, 1.54) is 12.1 Å². The van der Waals surface area contributed by atoms with Crippen molar-refractivity contribution in [2.45, 2.75) is 45.4 Å². The number of allylic oxidation sites excluding steroid dienone is 1. The van der Waals surface area contributed by atoms with Crippen molar-refractivity contribution in [3.05, 3.63) is 47.5 Å². The van der Waals surface area contributed by atoms with Gasteiger partial charge in [-0.25, -0.2) is 4.39 Å². The van der Waals surface area contributed by atoms with Crippen LogP contribution in [0.3, 0.4) is 0 Å². The molecule has 2 N–H and O–H groups in total. The highest BCUT2D eigenvalue weighted by molar-refractivity contribution is 5.91. The number of hydrogen-bond donors (Lipinski definition) is 2. The molecule has 0 bridgehead atoms. The van der Waals surface area contributed by atoms with E-state index < -0.39 is 6.29 Å². The lowest BCUT2D eigenvalue weighted by molar-refractivity contribution is -0.173. The summed E-state index contributed by atoms with van der Waals surface area (Å²) >= 11 is 0. The van der Waals surface area contributed by atoms with E-state index in [9.17, 15) is 14.3 Å². The van der Waals surface area contributed by atoms with Gasteiger partial charge in [-0.1, -0.05) is 12.1 Å². The van der Waals surface area contributed by atoms with Gasteiger partial charge in [0.1, 0.15) is 5.82 Å². The summed E-state index contributed by atoms with van der Waals surface area (Å²) in [6.45, 7) is 2.86. The Hall–Kier alpha value is -1.92. The molecule has 3 atom stereocenters. The SMILES string of the molecule is CCO[C@@H]1OC(C(=O)NCc2ccc(F)cc2)=C[C@H](C2CC2)[C@@H]1CCCO.